The quantitative estimate of drug-likeness (QED) is 0.877. The van der Waals surface area contributed by atoms with Crippen molar-refractivity contribution in [3.05, 3.63) is 28.2 Å². The first-order valence-electron chi connectivity index (χ1n) is 5.82. The molecule has 94 valence electrons. The molecule has 17 heavy (non-hydrogen) atoms. The number of halogens is 1. The number of anilines is 1. The zero-order chi connectivity index (χ0) is 12.8. The topological polar surface area (TPSA) is 41.1 Å². The normalized spacial score (nSPS) is 12.2. The van der Waals surface area contributed by atoms with Crippen LogP contribution >= 0.6 is 15.9 Å². The van der Waals surface area contributed by atoms with Crippen molar-refractivity contribution in [3.8, 4) is 0 Å². The zero-order valence-corrected chi connectivity index (χ0v) is 12.1. The van der Waals surface area contributed by atoms with Crippen LogP contribution in [0.25, 0.3) is 0 Å². The summed E-state index contributed by atoms with van der Waals surface area (Å²) in [5.41, 5.74) is 1.99. The number of carbonyl (C=O) groups excluding carboxylic acids is 1. The third-order valence-corrected chi connectivity index (χ3v) is 3.10. The van der Waals surface area contributed by atoms with Gasteiger partial charge >= 0.3 is 0 Å². The highest BCUT2D eigenvalue weighted by Gasteiger charge is 2.09. The fraction of sp³-hybridized carbons (Fsp3) is 0.462. The van der Waals surface area contributed by atoms with Crippen LogP contribution in [0.4, 0.5) is 5.69 Å². The molecule has 0 aliphatic heterocycles. The first kappa shape index (κ1) is 14.2. The molecule has 2 N–H and O–H groups in total. The number of hydrogen-bond donors (Lipinski definition) is 2. The van der Waals surface area contributed by atoms with Crippen LogP contribution in [-0.4, -0.2) is 18.5 Å². The second-order valence-corrected chi connectivity index (χ2v) is 5.05. The second kappa shape index (κ2) is 6.77. The first-order valence-corrected chi connectivity index (χ1v) is 6.61. The third-order valence-electron chi connectivity index (χ3n) is 2.44. The summed E-state index contributed by atoms with van der Waals surface area (Å²) in [5, 5.41) is 6.11. The Labute approximate surface area is 111 Å². The third kappa shape index (κ3) is 4.88. The van der Waals surface area contributed by atoms with Gasteiger partial charge in [0.1, 0.15) is 0 Å². The smallest absolute Gasteiger partial charge is 0.225 e. The van der Waals surface area contributed by atoms with E-state index >= 15 is 0 Å². The van der Waals surface area contributed by atoms with Crippen molar-refractivity contribution in [1.82, 2.24) is 5.32 Å². The van der Waals surface area contributed by atoms with Gasteiger partial charge in [0.05, 0.1) is 5.69 Å². The zero-order valence-electron chi connectivity index (χ0n) is 10.5. The molecular weight excluding hydrogens is 280 g/mol. The molecule has 3 nitrogen and oxygen atoms in total. The number of carbonyl (C=O) groups is 1. The van der Waals surface area contributed by atoms with Gasteiger partial charge in [-0.25, -0.2) is 0 Å². The van der Waals surface area contributed by atoms with Crippen LogP contribution in [0.1, 0.15) is 25.8 Å². The molecule has 0 bridgehead atoms. The standard InChI is InChI=1S/C13H19BrN2O/c1-4-15-10(3)8-13(17)16-12-6-5-9(2)7-11(12)14/h5-7,10,15H,4,8H2,1-3H3,(H,16,17). The van der Waals surface area contributed by atoms with Crippen LogP contribution in [0.5, 0.6) is 0 Å². The summed E-state index contributed by atoms with van der Waals surface area (Å²) in [7, 11) is 0. The number of nitrogens with one attached hydrogen (secondary N) is 2. The van der Waals surface area contributed by atoms with Gasteiger partial charge in [0.15, 0.2) is 0 Å². The van der Waals surface area contributed by atoms with Gasteiger partial charge in [-0.15, -0.1) is 0 Å². The summed E-state index contributed by atoms with van der Waals surface area (Å²) in [6, 6.07) is 6.08. The number of benzene rings is 1. The van der Waals surface area contributed by atoms with Crippen LogP contribution in [0.3, 0.4) is 0 Å². The number of aryl methyl sites for hydroxylation is 1. The highest BCUT2D eigenvalue weighted by Crippen LogP contribution is 2.23. The number of rotatable bonds is 5. The van der Waals surface area contributed by atoms with Crippen molar-refractivity contribution in [3.63, 3.8) is 0 Å². The molecule has 0 saturated heterocycles. The van der Waals surface area contributed by atoms with Crippen molar-refractivity contribution >= 4 is 27.5 Å². The van der Waals surface area contributed by atoms with E-state index in [9.17, 15) is 4.79 Å². The minimum Gasteiger partial charge on any atom is -0.325 e. The molecule has 0 aliphatic carbocycles. The van der Waals surface area contributed by atoms with E-state index in [0.29, 0.717) is 6.42 Å². The molecule has 0 radical (unpaired) electrons. The molecule has 0 aliphatic rings. The maximum absolute atomic E-state index is 11.8. The molecule has 1 aromatic carbocycles. The van der Waals surface area contributed by atoms with Crippen molar-refractivity contribution in [2.75, 3.05) is 11.9 Å². The van der Waals surface area contributed by atoms with Crippen molar-refractivity contribution in [2.24, 2.45) is 0 Å². The van der Waals surface area contributed by atoms with Gasteiger partial charge in [-0.05, 0) is 54.0 Å². The molecule has 0 spiro atoms. The van der Waals surface area contributed by atoms with Crippen molar-refractivity contribution < 1.29 is 4.79 Å². The van der Waals surface area contributed by atoms with Crippen LogP contribution in [-0.2, 0) is 4.79 Å². The average Bonchev–Trinajstić information content (AvgIpc) is 2.22. The molecule has 1 rings (SSSR count). The van der Waals surface area contributed by atoms with Crippen molar-refractivity contribution in [1.29, 1.82) is 0 Å². The highest BCUT2D eigenvalue weighted by molar-refractivity contribution is 9.10. The Balaban J connectivity index is 2.56. The summed E-state index contributed by atoms with van der Waals surface area (Å²) in [5.74, 6) is 0.0306. The van der Waals surface area contributed by atoms with E-state index in [2.05, 4.69) is 26.6 Å². The monoisotopic (exact) mass is 298 g/mol. The van der Waals surface area contributed by atoms with E-state index in [0.717, 1.165) is 22.3 Å². The van der Waals surface area contributed by atoms with E-state index in [1.807, 2.05) is 39.0 Å². The fourth-order valence-electron chi connectivity index (χ4n) is 1.62. The fourth-order valence-corrected chi connectivity index (χ4v) is 2.21. The van der Waals surface area contributed by atoms with Crippen LogP contribution in [0.2, 0.25) is 0 Å². The number of hydrogen-bond acceptors (Lipinski definition) is 2. The molecule has 0 heterocycles. The Hall–Kier alpha value is -0.870. The van der Waals surface area contributed by atoms with E-state index < -0.39 is 0 Å². The summed E-state index contributed by atoms with van der Waals surface area (Å²) in [6.07, 6.45) is 0.480. The van der Waals surface area contributed by atoms with Gasteiger partial charge in [-0.1, -0.05) is 13.0 Å². The van der Waals surface area contributed by atoms with E-state index in [4.69, 9.17) is 0 Å². The molecule has 1 aromatic rings. The Kier molecular flexibility index (Phi) is 5.65. The lowest BCUT2D eigenvalue weighted by atomic mass is 10.2. The molecule has 1 amide bonds. The molecular formula is C13H19BrN2O. The maximum atomic E-state index is 11.8. The van der Waals surface area contributed by atoms with Gasteiger partial charge in [0, 0.05) is 16.9 Å². The van der Waals surface area contributed by atoms with E-state index in [-0.39, 0.29) is 11.9 Å². The van der Waals surface area contributed by atoms with Gasteiger partial charge in [-0.2, -0.15) is 0 Å². The second-order valence-electron chi connectivity index (χ2n) is 4.19. The first-order chi connectivity index (χ1) is 8.02. The Morgan fingerprint density at radius 1 is 1.47 bits per heavy atom. The molecule has 1 atom stereocenters. The van der Waals surface area contributed by atoms with Crippen molar-refractivity contribution in [2.45, 2.75) is 33.2 Å². The Morgan fingerprint density at radius 2 is 2.18 bits per heavy atom. The lowest BCUT2D eigenvalue weighted by Gasteiger charge is -2.13. The largest absolute Gasteiger partial charge is 0.325 e. The SMILES string of the molecule is CCNC(C)CC(=O)Nc1ccc(C)cc1Br. The van der Waals surface area contributed by atoms with Gasteiger partial charge in [0.2, 0.25) is 5.91 Å². The molecule has 4 heteroatoms. The van der Waals surface area contributed by atoms with Gasteiger partial charge in [-0.3, -0.25) is 4.79 Å². The molecule has 0 aromatic heterocycles. The Morgan fingerprint density at radius 3 is 2.76 bits per heavy atom. The Bertz CT molecular complexity index is 393. The van der Waals surface area contributed by atoms with Gasteiger partial charge in [0.25, 0.3) is 0 Å². The molecule has 1 unspecified atom stereocenters. The summed E-state index contributed by atoms with van der Waals surface area (Å²) >= 11 is 3.44. The predicted octanol–water partition coefficient (Wildman–Crippen LogP) is 3.08. The molecule has 0 fully saturated rings. The molecule has 0 saturated carbocycles. The number of amides is 1. The lowest BCUT2D eigenvalue weighted by Crippen LogP contribution is -2.30. The minimum atomic E-state index is 0.0306. The van der Waals surface area contributed by atoms with Crippen LogP contribution in [0, 0.1) is 6.92 Å². The maximum Gasteiger partial charge on any atom is 0.225 e. The van der Waals surface area contributed by atoms with Crippen LogP contribution in [0.15, 0.2) is 22.7 Å². The van der Waals surface area contributed by atoms with Gasteiger partial charge < -0.3 is 10.6 Å². The predicted molar refractivity (Wildman–Crippen MR) is 75.3 cm³/mol. The average molecular weight is 299 g/mol. The highest BCUT2D eigenvalue weighted by atomic mass is 79.9. The minimum absolute atomic E-state index is 0.0306. The van der Waals surface area contributed by atoms with Crippen LogP contribution < -0.4 is 10.6 Å². The van der Waals surface area contributed by atoms with E-state index in [1.54, 1.807) is 0 Å². The van der Waals surface area contributed by atoms with E-state index in [1.165, 1.54) is 0 Å². The summed E-state index contributed by atoms with van der Waals surface area (Å²) in [6.45, 7) is 6.94. The lowest BCUT2D eigenvalue weighted by molar-refractivity contribution is -0.116. The summed E-state index contributed by atoms with van der Waals surface area (Å²) in [4.78, 5) is 11.8. The summed E-state index contributed by atoms with van der Waals surface area (Å²) < 4.78 is 0.918.